The highest BCUT2D eigenvalue weighted by Gasteiger charge is 2.04. The summed E-state index contributed by atoms with van der Waals surface area (Å²) in [5, 5.41) is 0. The van der Waals surface area contributed by atoms with Gasteiger partial charge >= 0.3 is 0 Å². The van der Waals surface area contributed by atoms with Crippen molar-refractivity contribution in [3.8, 4) is 0 Å². The van der Waals surface area contributed by atoms with Gasteiger partial charge in [-0.05, 0) is 24.5 Å². The Morgan fingerprint density at radius 1 is 1.36 bits per heavy atom. The van der Waals surface area contributed by atoms with Crippen LogP contribution < -0.4 is 5.73 Å². The fraction of sp³-hybridized carbons (Fsp3) is 0.417. The van der Waals surface area contributed by atoms with Gasteiger partial charge in [0.2, 0.25) is 5.91 Å². The number of benzene rings is 1. The third kappa shape index (κ3) is 2.87. The minimum Gasteiger partial charge on any atom is -0.369 e. The topological polar surface area (TPSA) is 43.1 Å². The van der Waals surface area contributed by atoms with E-state index >= 15 is 0 Å². The van der Waals surface area contributed by atoms with Crippen molar-refractivity contribution in [2.24, 2.45) is 5.73 Å². The molecule has 14 heavy (non-hydrogen) atoms. The molecule has 0 unspecified atom stereocenters. The van der Waals surface area contributed by atoms with Crippen LogP contribution in [0.15, 0.2) is 18.2 Å². The van der Waals surface area contributed by atoms with Gasteiger partial charge in [-0.2, -0.15) is 0 Å². The highest BCUT2D eigenvalue weighted by Crippen LogP contribution is 2.14. The van der Waals surface area contributed by atoms with Gasteiger partial charge in [-0.25, -0.2) is 0 Å². The van der Waals surface area contributed by atoms with Crippen LogP contribution in [-0.2, 0) is 17.6 Å². The van der Waals surface area contributed by atoms with Gasteiger partial charge in [-0.1, -0.05) is 37.1 Å². The van der Waals surface area contributed by atoms with Crippen LogP contribution in [0.5, 0.6) is 0 Å². The van der Waals surface area contributed by atoms with Crippen LogP contribution in [0.1, 0.15) is 30.0 Å². The van der Waals surface area contributed by atoms with Crippen molar-refractivity contribution in [2.75, 3.05) is 0 Å². The Kier molecular flexibility index (Phi) is 3.69. The number of carbonyl (C=O) groups is 1. The van der Waals surface area contributed by atoms with E-state index in [9.17, 15) is 4.79 Å². The normalized spacial score (nSPS) is 10.1. The van der Waals surface area contributed by atoms with Crippen molar-refractivity contribution in [3.05, 3.63) is 34.9 Å². The Bertz CT molecular complexity index is 331. The predicted octanol–water partition coefficient (Wildman–Crippen LogP) is 1.98. The maximum atomic E-state index is 10.9. The summed E-state index contributed by atoms with van der Waals surface area (Å²) in [6.45, 7) is 4.16. The number of hydrogen-bond acceptors (Lipinski definition) is 1. The van der Waals surface area contributed by atoms with Gasteiger partial charge in [0.15, 0.2) is 0 Å². The van der Waals surface area contributed by atoms with Crippen LogP contribution >= 0.6 is 0 Å². The second-order valence-corrected chi connectivity index (χ2v) is 3.67. The Morgan fingerprint density at radius 2 is 2.07 bits per heavy atom. The number of amides is 1. The van der Waals surface area contributed by atoms with Gasteiger partial charge in [0, 0.05) is 0 Å². The molecular weight excluding hydrogens is 174 g/mol. The molecule has 0 aromatic heterocycles. The highest BCUT2D eigenvalue weighted by atomic mass is 16.1. The summed E-state index contributed by atoms with van der Waals surface area (Å²) < 4.78 is 0. The summed E-state index contributed by atoms with van der Waals surface area (Å²) in [5.74, 6) is -0.257. The minimum atomic E-state index is -0.257. The van der Waals surface area contributed by atoms with E-state index in [2.05, 4.69) is 25.1 Å². The first-order valence-electron chi connectivity index (χ1n) is 5.00. The second-order valence-electron chi connectivity index (χ2n) is 3.67. The highest BCUT2D eigenvalue weighted by molar-refractivity contribution is 5.77. The predicted molar refractivity (Wildman–Crippen MR) is 58.1 cm³/mol. The van der Waals surface area contributed by atoms with E-state index in [0.717, 1.165) is 18.4 Å². The Labute approximate surface area is 85.1 Å². The number of aryl methyl sites for hydroxylation is 2. The minimum absolute atomic E-state index is 0.257. The van der Waals surface area contributed by atoms with Crippen molar-refractivity contribution in [2.45, 2.75) is 33.1 Å². The molecule has 2 nitrogen and oxygen atoms in total. The molecule has 0 radical (unpaired) electrons. The third-order valence-corrected chi connectivity index (χ3v) is 2.25. The summed E-state index contributed by atoms with van der Waals surface area (Å²) in [5.41, 5.74) is 8.71. The molecule has 0 saturated heterocycles. The molecule has 1 aromatic carbocycles. The standard InChI is InChI=1S/C12H17NO/c1-3-4-10-6-5-9(2)7-11(10)8-12(13)14/h5-7H,3-4,8H2,1-2H3,(H2,13,14). The molecule has 0 aliphatic rings. The molecule has 2 N–H and O–H groups in total. The van der Waals surface area contributed by atoms with Crippen LogP contribution in [0, 0.1) is 6.92 Å². The van der Waals surface area contributed by atoms with Crippen LogP contribution in [-0.4, -0.2) is 5.91 Å². The summed E-state index contributed by atoms with van der Waals surface area (Å²) in [6, 6.07) is 6.22. The van der Waals surface area contributed by atoms with Gasteiger partial charge < -0.3 is 5.73 Å². The molecular formula is C12H17NO. The molecule has 1 aromatic rings. The van der Waals surface area contributed by atoms with Gasteiger partial charge in [-0.3, -0.25) is 4.79 Å². The van der Waals surface area contributed by atoms with Crippen molar-refractivity contribution in [1.29, 1.82) is 0 Å². The zero-order chi connectivity index (χ0) is 10.6. The first-order chi connectivity index (χ1) is 6.63. The molecule has 0 atom stereocenters. The largest absolute Gasteiger partial charge is 0.369 e. The molecule has 1 rings (SSSR count). The lowest BCUT2D eigenvalue weighted by atomic mass is 9.98. The molecule has 0 saturated carbocycles. The van der Waals surface area contributed by atoms with Gasteiger partial charge in [0.25, 0.3) is 0 Å². The van der Waals surface area contributed by atoms with E-state index < -0.39 is 0 Å². The van der Waals surface area contributed by atoms with Crippen molar-refractivity contribution < 1.29 is 4.79 Å². The molecule has 0 spiro atoms. The van der Waals surface area contributed by atoms with Gasteiger partial charge in [0.1, 0.15) is 0 Å². The zero-order valence-electron chi connectivity index (χ0n) is 8.84. The van der Waals surface area contributed by atoms with E-state index in [1.54, 1.807) is 0 Å². The van der Waals surface area contributed by atoms with E-state index in [-0.39, 0.29) is 5.91 Å². The van der Waals surface area contributed by atoms with E-state index in [1.165, 1.54) is 11.1 Å². The SMILES string of the molecule is CCCc1ccc(C)cc1CC(N)=O. The fourth-order valence-electron chi connectivity index (χ4n) is 1.62. The van der Waals surface area contributed by atoms with E-state index in [4.69, 9.17) is 5.73 Å². The van der Waals surface area contributed by atoms with E-state index in [0.29, 0.717) is 6.42 Å². The first kappa shape index (κ1) is 10.8. The Balaban J connectivity index is 2.96. The lowest BCUT2D eigenvalue weighted by molar-refractivity contribution is -0.117. The number of carbonyl (C=O) groups excluding carboxylic acids is 1. The Morgan fingerprint density at radius 3 is 2.64 bits per heavy atom. The molecule has 1 amide bonds. The lowest BCUT2D eigenvalue weighted by Crippen LogP contribution is -2.15. The summed E-state index contributed by atoms with van der Waals surface area (Å²) in [6.07, 6.45) is 2.47. The molecule has 76 valence electrons. The average molecular weight is 191 g/mol. The zero-order valence-corrected chi connectivity index (χ0v) is 8.84. The fourth-order valence-corrected chi connectivity index (χ4v) is 1.62. The molecule has 0 bridgehead atoms. The van der Waals surface area contributed by atoms with Crippen molar-refractivity contribution >= 4 is 5.91 Å². The molecule has 2 heteroatoms. The van der Waals surface area contributed by atoms with Crippen molar-refractivity contribution in [1.82, 2.24) is 0 Å². The van der Waals surface area contributed by atoms with Crippen LogP contribution in [0.4, 0.5) is 0 Å². The van der Waals surface area contributed by atoms with Crippen LogP contribution in [0.3, 0.4) is 0 Å². The Hall–Kier alpha value is -1.31. The summed E-state index contributed by atoms with van der Waals surface area (Å²) in [7, 11) is 0. The molecule has 0 heterocycles. The molecule has 0 aliphatic carbocycles. The lowest BCUT2D eigenvalue weighted by Gasteiger charge is -2.07. The maximum Gasteiger partial charge on any atom is 0.221 e. The van der Waals surface area contributed by atoms with E-state index in [1.807, 2.05) is 6.92 Å². The average Bonchev–Trinajstić information content (AvgIpc) is 2.09. The summed E-state index contributed by atoms with van der Waals surface area (Å²) in [4.78, 5) is 10.9. The quantitative estimate of drug-likeness (QED) is 0.777. The summed E-state index contributed by atoms with van der Waals surface area (Å²) >= 11 is 0. The van der Waals surface area contributed by atoms with Gasteiger partial charge in [0.05, 0.1) is 6.42 Å². The number of rotatable bonds is 4. The smallest absolute Gasteiger partial charge is 0.221 e. The monoisotopic (exact) mass is 191 g/mol. The number of nitrogens with two attached hydrogens (primary N) is 1. The van der Waals surface area contributed by atoms with Gasteiger partial charge in [-0.15, -0.1) is 0 Å². The van der Waals surface area contributed by atoms with Crippen molar-refractivity contribution in [3.63, 3.8) is 0 Å². The molecule has 0 fully saturated rings. The number of primary amides is 1. The van der Waals surface area contributed by atoms with Crippen LogP contribution in [0.2, 0.25) is 0 Å². The molecule has 0 aliphatic heterocycles. The first-order valence-corrected chi connectivity index (χ1v) is 5.00. The third-order valence-electron chi connectivity index (χ3n) is 2.25. The number of hydrogen-bond donors (Lipinski definition) is 1. The maximum absolute atomic E-state index is 10.9. The second kappa shape index (κ2) is 4.80. The van der Waals surface area contributed by atoms with Crippen LogP contribution in [0.25, 0.3) is 0 Å².